The van der Waals surface area contributed by atoms with Crippen LogP contribution in [0.5, 0.6) is 0 Å². The van der Waals surface area contributed by atoms with Crippen LogP contribution in [0, 0.1) is 0 Å². The number of nitrogens with one attached hydrogen (secondary N) is 1. The Kier molecular flexibility index (Phi) is 4.38. The number of hydrogen-bond acceptors (Lipinski definition) is 3. The van der Waals surface area contributed by atoms with Gasteiger partial charge in [0.1, 0.15) is 11.9 Å². The second-order valence-corrected chi connectivity index (χ2v) is 5.76. The number of nitrogens with zero attached hydrogens (tertiary/aromatic N) is 3. The number of hydrogen-bond donors (Lipinski definition) is 1. The number of benzene rings is 1. The summed E-state index contributed by atoms with van der Waals surface area (Å²) in [6.07, 6.45) is -3.36. The van der Waals surface area contributed by atoms with E-state index in [2.05, 4.69) is 15.3 Å². The Hall–Kier alpha value is -2.61. The number of halogens is 4. The summed E-state index contributed by atoms with van der Waals surface area (Å²) in [7, 11) is 0. The molecule has 0 saturated carbocycles. The normalized spacial score (nSPS) is 13.0. The van der Waals surface area contributed by atoms with E-state index in [1.807, 2.05) is 0 Å². The summed E-state index contributed by atoms with van der Waals surface area (Å²) in [6, 6.07) is 7.95. The molecule has 0 aliphatic carbocycles. The summed E-state index contributed by atoms with van der Waals surface area (Å²) < 4.78 is 40.9. The molecule has 1 aromatic carbocycles. The van der Waals surface area contributed by atoms with Crippen LogP contribution in [0.3, 0.4) is 0 Å². The molecule has 1 N–H and O–H groups in total. The fourth-order valence-electron chi connectivity index (χ4n) is 2.43. The molecular formula is C16H12ClF3N4O. The van der Waals surface area contributed by atoms with E-state index in [4.69, 9.17) is 11.6 Å². The van der Waals surface area contributed by atoms with Crippen molar-refractivity contribution in [3.63, 3.8) is 0 Å². The molecule has 25 heavy (non-hydrogen) atoms. The molecule has 0 spiro atoms. The van der Waals surface area contributed by atoms with Crippen LogP contribution in [0.4, 0.5) is 19.0 Å². The summed E-state index contributed by atoms with van der Waals surface area (Å²) in [4.78, 5) is 20.0. The molecule has 3 aromatic rings. The highest BCUT2D eigenvalue weighted by atomic mass is 35.5. The number of imidazole rings is 1. The monoisotopic (exact) mass is 368 g/mol. The van der Waals surface area contributed by atoms with Gasteiger partial charge in [-0.2, -0.15) is 13.2 Å². The summed E-state index contributed by atoms with van der Waals surface area (Å²) in [5, 5.41) is 2.86. The smallest absolute Gasteiger partial charge is 0.309 e. The quantitative estimate of drug-likeness (QED) is 0.749. The maximum Gasteiger partial charge on any atom is 0.449 e. The Morgan fingerprint density at radius 3 is 2.60 bits per heavy atom. The predicted molar refractivity (Wildman–Crippen MR) is 87.3 cm³/mol. The molecule has 9 heteroatoms. The highest BCUT2D eigenvalue weighted by molar-refractivity contribution is 6.30. The van der Waals surface area contributed by atoms with Crippen molar-refractivity contribution in [2.45, 2.75) is 19.1 Å². The molecule has 0 fully saturated rings. The largest absolute Gasteiger partial charge is 0.449 e. The van der Waals surface area contributed by atoms with Crippen LogP contribution in [-0.4, -0.2) is 20.4 Å². The van der Waals surface area contributed by atoms with Crippen LogP contribution in [0.1, 0.15) is 18.8 Å². The highest BCUT2D eigenvalue weighted by Crippen LogP contribution is 2.34. The minimum absolute atomic E-state index is 0.166. The number of para-hydroxylation sites is 2. The van der Waals surface area contributed by atoms with Crippen molar-refractivity contribution in [2.75, 3.05) is 5.32 Å². The van der Waals surface area contributed by atoms with E-state index >= 15 is 0 Å². The molecule has 130 valence electrons. The molecule has 0 bridgehead atoms. The Morgan fingerprint density at radius 1 is 1.24 bits per heavy atom. The van der Waals surface area contributed by atoms with Gasteiger partial charge in [-0.05, 0) is 31.2 Å². The molecule has 0 unspecified atom stereocenters. The minimum Gasteiger partial charge on any atom is -0.309 e. The van der Waals surface area contributed by atoms with Gasteiger partial charge in [-0.15, -0.1) is 0 Å². The Labute approximate surface area is 145 Å². The SMILES string of the molecule is C[C@@H](C(=O)Nc1ccc(Cl)cn1)n1c(C(F)(F)F)nc2ccccc21. The molecule has 2 aromatic heterocycles. The summed E-state index contributed by atoms with van der Waals surface area (Å²) in [5.74, 6) is -1.58. The molecule has 0 saturated heterocycles. The van der Waals surface area contributed by atoms with E-state index in [0.29, 0.717) is 5.02 Å². The number of carbonyl (C=O) groups excluding carboxylic acids is 1. The zero-order valence-electron chi connectivity index (χ0n) is 12.9. The van der Waals surface area contributed by atoms with Crippen molar-refractivity contribution < 1.29 is 18.0 Å². The van der Waals surface area contributed by atoms with Gasteiger partial charge in [0.05, 0.1) is 16.1 Å². The van der Waals surface area contributed by atoms with Crippen LogP contribution in [-0.2, 0) is 11.0 Å². The first kappa shape index (κ1) is 17.2. The fourth-order valence-corrected chi connectivity index (χ4v) is 2.55. The number of fused-ring (bicyclic) bond motifs is 1. The molecule has 0 radical (unpaired) electrons. The van der Waals surface area contributed by atoms with Gasteiger partial charge in [-0.25, -0.2) is 9.97 Å². The lowest BCUT2D eigenvalue weighted by Crippen LogP contribution is -2.27. The zero-order valence-corrected chi connectivity index (χ0v) is 13.6. The number of carbonyl (C=O) groups is 1. The average Bonchev–Trinajstić information content (AvgIpc) is 2.96. The van der Waals surface area contributed by atoms with Gasteiger partial charge in [-0.1, -0.05) is 23.7 Å². The van der Waals surface area contributed by atoms with Crippen molar-refractivity contribution >= 4 is 34.4 Å². The third-order valence-corrected chi connectivity index (χ3v) is 3.82. The molecule has 3 rings (SSSR count). The molecule has 5 nitrogen and oxygen atoms in total. The van der Waals surface area contributed by atoms with Gasteiger partial charge in [0.2, 0.25) is 11.7 Å². The summed E-state index contributed by atoms with van der Waals surface area (Å²) in [6.45, 7) is 1.37. The van der Waals surface area contributed by atoms with Crippen LogP contribution in [0.2, 0.25) is 5.02 Å². The standard InChI is InChI=1S/C16H12ClF3N4O/c1-9(14(25)23-13-7-6-10(17)8-21-13)24-12-5-3-2-4-11(12)22-15(24)16(18,19)20/h2-9H,1H3,(H,21,23,25)/t9-/m0/s1. The van der Waals surface area contributed by atoms with Crippen LogP contribution >= 0.6 is 11.6 Å². The number of anilines is 1. The van der Waals surface area contributed by atoms with Crippen molar-refractivity contribution in [2.24, 2.45) is 0 Å². The number of rotatable bonds is 3. The van der Waals surface area contributed by atoms with Gasteiger partial charge in [0.15, 0.2) is 0 Å². The fraction of sp³-hybridized carbons (Fsp3) is 0.188. The number of aromatic nitrogens is 3. The van der Waals surface area contributed by atoms with Gasteiger partial charge in [-0.3, -0.25) is 4.79 Å². The predicted octanol–water partition coefficient (Wildman–Crippen LogP) is 4.30. The van der Waals surface area contributed by atoms with E-state index in [0.717, 1.165) is 4.57 Å². The van der Waals surface area contributed by atoms with Gasteiger partial charge in [0.25, 0.3) is 0 Å². The Morgan fingerprint density at radius 2 is 1.96 bits per heavy atom. The maximum atomic E-state index is 13.3. The highest BCUT2D eigenvalue weighted by Gasteiger charge is 2.39. The van der Waals surface area contributed by atoms with E-state index in [9.17, 15) is 18.0 Å². The number of pyridine rings is 1. The molecule has 2 heterocycles. The second-order valence-electron chi connectivity index (χ2n) is 5.32. The van der Waals surface area contributed by atoms with Gasteiger partial charge < -0.3 is 9.88 Å². The van der Waals surface area contributed by atoms with Gasteiger partial charge >= 0.3 is 6.18 Å². The van der Waals surface area contributed by atoms with Crippen LogP contribution in [0.25, 0.3) is 11.0 Å². The second kappa shape index (κ2) is 6.36. The Bertz CT molecular complexity index is 921. The minimum atomic E-state index is -4.69. The van der Waals surface area contributed by atoms with E-state index in [1.165, 1.54) is 37.4 Å². The lowest BCUT2D eigenvalue weighted by atomic mass is 10.2. The maximum absolute atomic E-state index is 13.3. The molecular weight excluding hydrogens is 357 g/mol. The summed E-state index contributed by atoms with van der Waals surface area (Å²) >= 11 is 5.72. The first-order valence-corrected chi connectivity index (χ1v) is 7.62. The first-order chi connectivity index (χ1) is 11.8. The topological polar surface area (TPSA) is 59.8 Å². The van der Waals surface area contributed by atoms with Crippen LogP contribution < -0.4 is 5.32 Å². The molecule has 0 aliphatic heterocycles. The van der Waals surface area contributed by atoms with Crippen molar-refractivity contribution in [1.29, 1.82) is 0 Å². The average molecular weight is 369 g/mol. The van der Waals surface area contributed by atoms with Crippen molar-refractivity contribution in [3.8, 4) is 0 Å². The number of alkyl halides is 3. The van der Waals surface area contributed by atoms with E-state index in [1.54, 1.807) is 12.1 Å². The molecule has 1 amide bonds. The first-order valence-electron chi connectivity index (χ1n) is 7.24. The third kappa shape index (κ3) is 3.43. The Balaban J connectivity index is 1.99. The lowest BCUT2D eigenvalue weighted by molar-refractivity contribution is -0.148. The molecule has 1 atom stereocenters. The number of amides is 1. The van der Waals surface area contributed by atoms with E-state index in [-0.39, 0.29) is 16.9 Å². The summed E-state index contributed by atoms with van der Waals surface area (Å²) in [5.41, 5.74) is 0.389. The van der Waals surface area contributed by atoms with Crippen molar-refractivity contribution in [1.82, 2.24) is 14.5 Å². The van der Waals surface area contributed by atoms with E-state index < -0.39 is 23.9 Å². The molecule has 0 aliphatic rings. The van der Waals surface area contributed by atoms with Gasteiger partial charge in [0, 0.05) is 6.20 Å². The zero-order chi connectivity index (χ0) is 18.2. The van der Waals surface area contributed by atoms with Crippen LogP contribution in [0.15, 0.2) is 42.6 Å². The lowest BCUT2D eigenvalue weighted by Gasteiger charge is -2.18. The van der Waals surface area contributed by atoms with Crippen molar-refractivity contribution in [3.05, 3.63) is 53.4 Å². The third-order valence-electron chi connectivity index (χ3n) is 3.59.